The van der Waals surface area contributed by atoms with E-state index in [1.165, 1.54) is 6.07 Å². The number of carbonyl (C=O) groups is 1. The van der Waals surface area contributed by atoms with Crippen LogP contribution in [0.4, 0.5) is 24.7 Å². The molecule has 2 aromatic rings. The number of aromatic nitrogens is 1. The highest BCUT2D eigenvalue weighted by molar-refractivity contribution is 6.03. The Morgan fingerprint density at radius 1 is 1.14 bits per heavy atom. The zero-order chi connectivity index (χ0) is 15.6. The van der Waals surface area contributed by atoms with Crippen molar-refractivity contribution in [2.45, 2.75) is 13.1 Å². The number of benzene rings is 1. The second-order valence-electron chi connectivity index (χ2n) is 4.40. The summed E-state index contributed by atoms with van der Waals surface area (Å²) >= 11 is 0. The van der Waals surface area contributed by atoms with Gasteiger partial charge in [0.1, 0.15) is 5.82 Å². The number of hydrogen-bond acceptors (Lipinski definition) is 3. The lowest BCUT2D eigenvalue weighted by atomic mass is 10.1. The topological polar surface area (TPSA) is 68.0 Å². The van der Waals surface area contributed by atoms with Gasteiger partial charge in [-0.1, -0.05) is 0 Å². The molecule has 0 aliphatic rings. The van der Waals surface area contributed by atoms with Crippen molar-refractivity contribution >= 4 is 17.4 Å². The van der Waals surface area contributed by atoms with E-state index in [0.29, 0.717) is 11.4 Å². The van der Waals surface area contributed by atoms with Gasteiger partial charge in [-0.15, -0.1) is 0 Å². The SMILES string of the molecule is Cc1nc(NC(=O)c2ccc(C(F)(F)F)cc2)ccc1N. The van der Waals surface area contributed by atoms with Gasteiger partial charge < -0.3 is 11.1 Å². The van der Waals surface area contributed by atoms with E-state index in [1.807, 2.05) is 0 Å². The molecular weight excluding hydrogens is 283 g/mol. The van der Waals surface area contributed by atoms with Crippen LogP contribution in [-0.4, -0.2) is 10.9 Å². The minimum absolute atomic E-state index is 0.110. The fourth-order valence-electron chi connectivity index (χ4n) is 1.64. The molecule has 1 amide bonds. The molecule has 0 saturated heterocycles. The van der Waals surface area contributed by atoms with E-state index in [4.69, 9.17) is 5.73 Å². The van der Waals surface area contributed by atoms with Crippen molar-refractivity contribution in [1.29, 1.82) is 0 Å². The predicted octanol–water partition coefficient (Wildman–Crippen LogP) is 3.24. The lowest BCUT2D eigenvalue weighted by molar-refractivity contribution is -0.137. The maximum Gasteiger partial charge on any atom is 0.416 e. The molecule has 1 heterocycles. The number of anilines is 2. The molecule has 0 atom stereocenters. The second-order valence-corrected chi connectivity index (χ2v) is 4.40. The van der Waals surface area contributed by atoms with E-state index in [-0.39, 0.29) is 11.4 Å². The first-order chi connectivity index (χ1) is 9.77. The number of rotatable bonds is 2. The first kappa shape index (κ1) is 14.8. The minimum Gasteiger partial charge on any atom is -0.397 e. The van der Waals surface area contributed by atoms with Gasteiger partial charge in [0.05, 0.1) is 16.9 Å². The Labute approximate surface area is 118 Å². The molecule has 0 saturated carbocycles. The summed E-state index contributed by atoms with van der Waals surface area (Å²) in [5.74, 6) is -0.257. The molecule has 1 aromatic heterocycles. The summed E-state index contributed by atoms with van der Waals surface area (Å²) in [6.45, 7) is 1.68. The fraction of sp³-hybridized carbons (Fsp3) is 0.143. The van der Waals surface area contributed by atoms with Gasteiger partial charge in [-0.2, -0.15) is 13.2 Å². The highest BCUT2D eigenvalue weighted by Gasteiger charge is 2.30. The summed E-state index contributed by atoms with van der Waals surface area (Å²) in [6.07, 6.45) is -4.43. The number of pyridine rings is 1. The van der Waals surface area contributed by atoms with E-state index in [0.717, 1.165) is 24.3 Å². The second kappa shape index (κ2) is 5.43. The van der Waals surface area contributed by atoms with Crippen LogP contribution in [-0.2, 0) is 6.18 Å². The molecule has 4 nitrogen and oxygen atoms in total. The van der Waals surface area contributed by atoms with Gasteiger partial charge in [-0.25, -0.2) is 4.98 Å². The van der Waals surface area contributed by atoms with Gasteiger partial charge in [0.2, 0.25) is 0 Å². The highest BCUT2D eigenvalue weighted by Crippen LogP contribution is 2.29. The van der Waals surface area contributed by atoms with Gasteiger partial charge >= 0.3 is 6.18 Å². The van der Waals surface area contributed by atoms with Crippen molar-refractivity contribution in [2.75, 3.05) is 11.1 Å². The molecule has 0 radical (unpaired) electrons. The van der Waals surface area contributed by atoms with Crippen molar-refractivity contribution in [1.82, 2.24) is 4.98 Å². The largest absolute Gasteiger partial charge is 0.416 e. The zero-order valence-corrected chi connectivity index (χ0v) is 11.0. The van der Waals surface area contributed by atoms with E-state index in [9.17, 15) is 18.0 Å². The molecule has 2 rings (SSSR count). The normalized spacial score (nSPS) is 11.2. The Bertz CT molecular complexity index is 666. The highest BCUT2D eigenvalue weighted by atomic mass is 19.4. The van der Waals surface area contributed by atoms with Gasteiger partial charge in [-0.05, 0) is 43.3 Å². The summed E-state index contributed by atoms with van der Waals surface area (Å²) in [7, 11) is 0. The minimum atomic E-state index is -4.43. The third-order valence-corrected chi connectivity index (χ3v) is 2.84. The van der Waals surface area contributed by atoms with Gasteiger partial charge in [0, 0.05) is 5.56 Å². The van der Waals surface area contributed by atoms with E-state index >= 15 is 0 Å². The summed E-state index contributed by atoms with van der Waals surface area (Å²) < 4.78 is 37.3. The molecule has 21 heavy (non-hydrogen) atoms. The monoisotopic (exact) mass is 295 g/mol. The number of aryl methyl sites for hydroxylation is 1. The fourth-order valence-corrected chi connectivity index (χ4v) is 1.64. The summed E-state index contributed by atoms with van der Waals surface area (Å²) in [5, 5.41) is 2.50. The van der Waals surface area contributed by atoms with Crippen molar-refractivity contribution in [3.63, 3.8) is 0 Å². The molecule has 0 spiro atoms. The van der Waals surface area contributed by atoms with Crippen LogP contribution < -0.4 is 11.1 Å². The van der Waals surface area contributed by atoms with Crippen molar-refractivity contribution in [2.24, 2.45) is 0 Å². The molecule has 0 aliphatic carbocycles. The van der Waals surface area contributed by atoms with Gasteiger partial charge in [0.25, 0.3) is 5.91 Å². The van der Waals surface area contributed by atoms with Gasteiger partial charge in [0.15, 0.2) is 0 Å². The Morgan fingerprint density at radius 2 is 1.76 bits per heavy atom. The summed E-state index contributed by atoms with van der Waals surface area (Å²) in [5.41, 5.74) is 5.96. The number of amides is 1. The maximum absolute atomic E-state index is 12.4. The molecule has 0 aliphatic heterocycles. The van der Waals surface area contributed by atoms with Crippen LogP contribution in [0.3, 0.4) is 0 Å². The molecule has 0 bridgehead atoms. The van der Waals surface area contributed by atoms with Crippen LogP contribution >= 0.6 is 0 Å². The van der Waals surface area contributed by atoms with Crippen molar-refractivity contribution in [3.05, 3.63) is 53.2 Å². The molecule has 110 valence electrons. The van der Waals surface area contributed by atoms with E-state index in [2.05, 4.69) is 10.3 Å². The van der Waals surface area contributed by atoms with Gasteiger partial charge in [-0.3, -0.25) is 4.79 Å². The number of halogens is 3. The zero-order valence-electron chi connectivity index (χ0n) is 11.0. The van der Waals surface area contributed by atoms with E-state index in [1.54, 1.807) is 13.0 Å². The van der Waals surface area contributed by atoms with Crippen LogP contribution in [0.1, 0.15) is 21.6 Å². The average Bonchev–Trinajstić information content (AvgIpc) is 2.42. The molecule has 0 fully saturated rings. The van der Waals surface area contributed by atoms with Crippen molar-refractivity contribution < 1.29 is 18.0 Å². The quantitative estimate of drug-likeness (QED) is 0.893. The third-order valence-electron chi connectivity index (χ3n) is 2.84. The Morgan fingerprint density at radius 3 is 2.29 bits per heavy atom. The summed E-state index contributed by atoms with van der Waals surface area (Å²) in [4.78, 5) is 16.0. The summed E-state index contributed by atoms with van der Waals surface area (Å²) in [6, 6.07) is 7.05. The number of hydrogen-bond donors (Lipinski definition) is 2. The first-order valence-electron chi connectivity index (χ1n) is 5.99. The Kier molecular flexibility index (Phi) is 3.84. The van der Waals surface area contributed by atoms with Crippen LogP contribution in [0.5, 0.6) is 0 Å². The first-order valence-corrected chi connectivity index (χ1v) is 5.99. The Balaban J connectivity index is 2.15. The lowest BCUT2D eigenvalue weighted by Gasteiger charge is -2.09. The van der Waals surface area contributed by atoms with Crippen LogP contribution in [0.15, 0.2) is 36.4 Å². The average molecular weight is 295 g/mol. The van der Waals surface area contributed by atoms with Crippen molar-refractivity contribution in [3.8, 4) is 0 Å². The number of nitrogens with one attached hydrogen (secondary N) is 1. The van der Waals surface area contributed by atoms with Crippen LogP contribution in [0.2, 0.25) is 0 Å². The van der Waals surface area contributed by atoms with E-state index < -0.39 is 17.6 Å². The number of nitrogens with two attached hydrogens (primary N) is 1. The number of nitrogen functional groups attached to an aromatic ring is 1. The maximum atomic E-state index is 12.4. The molecule has 3 N–H and O–H groups in total. The predicted molar refractivity (Wildman–Crippen MR) is 72.8 cm³/mol. The van der Waals surface area contributed by atoms with Crippen LogP contribution in [0, 0.1) is 6.92 Å². The number of alkyl halides is 3. The molecule has 0 unspecified atom stereocenters. The Hall–Kier alpha value is -2.57. The third kappa shape index (κ3) is 3.50. The molecule has 7 heteroatoms. The number of carbonyl (C=O) groups excluding carboxylic acids is 1. The molecule has 1 aromatic carbocycles. The standard InChI is InChI=1S/C14H12F3N3O/c1-8-11(18)6-7-12(19-8)20-13(21)9-2-4-10(5-3-9)14(15,16)17/h2-7H,18H2,1H3,(H,19,20,21). The lowest BCUT2D eigenvalue weighted by Crippen LogP contribution is -2.14. The smallest absolute Gasteiger partial charge is 0.397 e. The van der Waals surface area contributed by atoms with Crippen LogP contribution in [0.25, 0.3) is 0 Å². The molecular formula is C14H12F3N3O. The number of nitrogens with zero attached hydrogens (tertiary/aromatic N) is 1.